The average molecular weight is 269 g/mol. The Morgan fingerprint density at radius 2 is 1.63 bits per heavy atom. The van der Waals surface area contributed by atoms with Crippen LogP contribution in [-0.4, -0.2) is 9.55 Å². The van der Waals surface area contributed by atoms with Gasteiger partial charge in [-0.15, -0.1) is 0 Å². The summed E-state index contributed by atoms with van der Waals surface area (Å²) in [5.41, 5.74) is 4.14. The van der Waals surface area contributed by atoms with Crippen LogP contribution in [0.2, 0.25) is 5.02 Å². The van der Waals surface area contributed by atoms with Crippen molar-refractivity contribution in [2.75, 3.05) is 0 Å². The van der Waals surface area contributed by atoms with E-state index in [2.05, 4.69) is 24.0 Å². The van der Waals surface area contributed by atoms with Crippen LogP contribution in [-0.2, 0) is 0 Å². The van der Waals surface area contributed by atoms with Gasteiger partial charge in [0.05, 0.1) is 16.4 Å². The summed E-state index contributed by atoms with van der Waals surface area (Å²) in [4.78, 5) is 4.51. The molecule has 0 spiro atoms. The van der Waals surface area contributed by atoms with E-state index in [0.29, 0.717) is 0 Å². The van der Waals surface area contributed by atoms with Gasteiger partial charge < -0.3 is 4.57 Å². The van der Waals surface area contributed by atoms with Crippen molar-refractivity contribution in [3.8, 4) is 16.9 Å². The van der Waals surface area contributed by atoms with Gasteiger partial charge in [-0.1, -0.05) is 54.1 Å². The largest absolute Gasteiger partial charge is 0.301 e. The summed E-state index contributed by atoms with van der Waals surface area (Å²) in [5.74, 6) is 0. The van der Waals surface area contributed by atoms with E-state index >= 15 is 0 Å². The fourth-order valence-corrected chi connectivity index (χ4v) is 2.41. The number of imidazole rings is 1. The second kappa shape index (κ2) is 4.90. The van der Waals surface area contributed by atoms with E-state index in [1.807, 2.05) is 53.4 Å². The molecule has 94 valence electrons. The Hall–Kier alpha value is -2.06. The van der Waals surface area contributed by atoms with Gasteiger partial charge in [0.2, 0.25) is 0 Å². The second-order valence-corrected chi connectivity index (χ2v) is 4.77. The van der Waals surface area contributed by atoms with Crippen LogP contribution in [0, 0.1) is 6.92 Å². The topological polar surface area (TPSA) is 17.8 Å². The molecule has 0 fully saturated rings. The molecule has 0 saturated carbocycles. The monoisotopic (exact) mass is 268 g/mol. The summed E-state index contributed by atoms with van der Waals surface area (Å²) >= 11 is 6.24. The molecule has 0 N–H and O–H groups in total. The Morgan fingerprint density at radius 3 is 2.37 bits per heavy atom. The fraction of sp³-hybridized carbons (Fsp3) is 0.0625. The van der Waals surface area contributed by atoms with Crippen molar-refractivity contribution >= 4 is 11.6 Å². The number of benzene rings is 2. The van der Waals surface area contributed by atoms with Crippen LogP contribution in [0.3, 0.4) is 0 Å². The first-order chi connectivity index (χ1) is 9.27. The molecule has 0 bridgehead atoms. The molecule has 0 aliphatic heterocycles. The lowest BCUT2D eigenvalue weighted by molar-refractivity contribution is 1.01. The molecule has 0 atom stereocenters. The van der Waals surface area contributed by atoms with E-state index in [1.54, 1.807) is 0 Å². The lowest BCUT2D eigenvalue weighted by Gasteiger charge is -2.08. The molecule has 0 amide bonds. The van der Waals surface area contributed by atoms with Crippen LogP contribution in [0.5, 0.6) is 0 Å². The highest BCUT2D eigenvalue weighted by atomic mass is 35.5. The zero-order chi connectivity index (χ0) is 13.2. The Bertz CT molecular complexity index is 702. The highest BCUT2D eigenvalue weighted by Crippen LogP contribution is 2.26. The van der Waals surface area contributed by atoms with E-state index < -0.39 is 0 Å². The van der Waals surface area contributed by atoms with E-state index in [0.717, 1.165) is 27.7 Å². The number of hydrogen-bond acceptors (Lipinski definition) is 1. The number of halogens is 1. The van der Waals surface area contributed by atoms with Crippen molar-refractivity contribution in [3.63, 3.8) is 0 Å². The Kier molecular flexibility index (Phi) is 3.10. The normalized spacial score (nSPS) is 10.6. The van der Waals surface area contributed by atoms with Gasteiger partial charge in [0, 0.05) is 11.3 Å². The first-order valence-electron chi connectivity index (χ1n) is 6.11. The predicted molar refractivity (Wildman–Crippen MR) is 78.7 cm³/mol. The third-order valence-corrected chi connectivity index (χ3v) is 3.49. The number of para-hydroxylation sites is 1. The highest BCUT2D eigenvalue weighted by Gasteiger charge is 2.11. The van der Waals surface area contributed by atoms with E-state index in [9.17, 15) is 0 Å². The quantitative estimate of drug-likeness (QED) is 0.669. The summed E-state index contributed by atoms with van der Waals surface area (Å²) in [6, 6.07) is 17.9. The number of nitrogens with zero attached hydrogens (tertiary/aromatic N) is 2. The minimum Gasteiger partial charge on any atom is -0.301 e. The third kappa shape index (κ3) is 2.15. The van der Waals surface area contributed by atoms with Gasteiger partial charge in [0.1, 0.15) is 6.33 Å². The summed E-state index contributed by atoms with van der Waals surface area (Å²) in [6.45, 7) is 2.05. The van der Waals surface area contributed by atoms with Gasteiger partial charge >= 0.3 is 0 Å². The molecule has 0 radical (unpaired) electrons. The number of aromatic nitrogens is 2. The average Bonchev–Trinajstić information content (AvgIpc) is 2.82. The minimum atomic E-state index is 0.725. The Morgan fingerprint density at radius 1 is 0.947 bits per heavy atom. The number of hydrogen-bond donors (Lipinski definition) is 0. The molecule has 2 aromatic carbocycles. The van der Waals surface area contributed by atoms with Crippen LogP contribution in [0.15, 0.2) is 60.9 Å². The molecular formula is C16H13ClN2. The van der Waals surface area contributed by atoms with Crippen LogP contribution >= 0.6 is 11.6 Å². The Labute approximate surface area is 117 Å². The fourth-order valence-electron chi connectivity index (χ4n) is 2.18. The van der Waals surface area contributed by atoms with E-state index in [-0.39, 0.29) is 0 Å². The molecule has 0 unspecified atom stereocenters. The Balaban J connectivity index is 2.12. The maximum Gasteiger partial charge on any atom is 0.100 e. The van der Waals surface area contributed by atoms with Crippen molar-refractivity contribution in [2.45, 2.75) is 6.92 Å². The predicted octanol–water partition coefficient (Wildman–Crippen LogP) is 4.50. The van der Waals surface area contributed by atoms with Crippen molar-refractivity contribution in [2.24, 2.45) is 0 Å². The second-order valence-electron chi connectivity index (χ2n) is 4.37. The van der Waals surface area contributed by atoms with Crippen molar-refractivity contribution in [1.29, 1.82) is 0 Å². The standard InChI is InChI=1S/C16H13ClN2/c1-12-16(13-7-3-2-4-8-13)18-11-19(12)15-10-6-5-9-14(15)17/h2-11H,1H3. The zero-order valence-corrected chi connectivity index (χ0v) is 11.3. The molecule has 3 aromatic rings. The summed E-state index contributed by atoms with van der Waals surface area (Å²) in [7, 11) is 0. The first kappa shape index (κ1) is 12.0. The van der Waals surface area contributed by atoms with Crippen molar-refractivity contribution in [3.05, 3.63) is 71.6 Å². The zero-order valence-electron chi connectivity index (χ0n) is 10.5. The molecule has 19 heavy (non-hydrogen) atoms. The van der Waals surface area contributed by atoms with Gasteiger partial charge in [-0.05, 0) is 19.1 Å². The molecule has 0 saturated heterocycles. The minimum absolute atomic E-state index is 0.725. The summed E-state index contributed by atoms with van der Waals surface area (Å²) in [6.07, 6.45) is 1.82. The van der Waals surface area contributed by atoms with Gasteiger partial charge in [-0.3, -0.25) is 0 Å². The summed E-state index contributed by atoms with van der Waals surface area (Å²) < 4.78 is 2.02. The number of rotatable bonds is 2. The highest BCUT2D eigenvalue weighted by molar-refractivity contribution is 6.32. The molecule has 2 nitrogen and oxygen atoms in total. The smallest absolute Gasteiger partial charge is 0.100 e. The van der Waals surface area contributed by atoms with Gasteiger partial charge in [-0.25, -0.2) is 4.98 Å². The molecule has 0 aliphatic rings. The maximum absolute atomic E-state index is 6.24. The van der Waals surface area contributed by atoms with E-state index in [4.69, 9.17) is 11.6 Å². The van der Waals surface area contributed by atoms with Crippen molar-refractivity contribution < 1.29 is 0 Å². The SMILES string of the molecule is Cc1c(-c2ccccc2)ncn1-c1ccccc1Cl. The maximum atomic E-state index is 6.24. The van der Waals surface area contributed by atoms with Crippen LogP contribution in [0.25, 0.3) is 16.9 Å². The molecule has 1 heterocycles. The molecule has 1 aromatic heterocycles. The van der Waals surface area contributed by atoms with Gasteiger partial charge in [0.25, 0.3) is 0 Å². The van der Waals surface area contributed by atoms with Crippen LogP contribution in [0.1, 0.15) is 5.69 Å². The molecule has 3 rings (SSSR count). The first-order valence-corrected chi connectivity index (χ1v) is 6.49. The molecular weight excluding hydrogens is 256 g/mol. The summed E-state index contributed by atoms with van der Waals surface area (Å²) in [5, 5.41) is 0.725. The van der Waals surface area contributed by atoms with Gasteiger partial charge in [0.15, 0.2) is 0 Å². The lowest BCUT2D eigenvalue weighted by atomic mass is 10.1. The van der Waals surface area contributed by atoms with Crippen LogP contribution < -0.4 is 0 Å². The van der Waals surface area contributed by atoms with Gasteiger partial charge in [-0.2, -0.15) is 0 Å². The third-order valence-electron chi connectivity index (χ3n) is 3.17. The molecule has 0 aliphatic carbocycles. The lowest BCUT2D eigenvalue weighted by Crippen LogP contribution is -1.95. The molecule has 3 heteroatoms. The van der Waals surface area contributed by atoms with E-state index in [1.165, 1.54) is 0 Å². The van der Waals surface area contributed by atoms with Crippen molar-refractivity contribution in [1.82, 2.24) is 9.55 Å². The van der Waals surface area contributed by atoms with Crippen LogP contribution in [0.4, 0.5) is 0 Å².